The fraction of sp³-hybridized carbons (Fsp3) is 0.375. The van der Waals surface area contributed by atoms with Gasteiger partial charge in [-0.15, -0.1) is 0 Å². The Bertz CT molecular complexity index is 1000. The lowest BCUT2D eigenvalue weighted by atomic mass is 9.98. The van der Waals surface area contributed by atoms with Crippen LogP contribution >= 0.6 is 11.6 Å². The lowest BCUT2D eigenvalue weighted by Gasteiger charge is -2.26. The molecule has 2 amide bonds. The van der Waals surface area contributed by atoms with Crippen LogP contribution in [0.1, 0.15) is 49.3 Å². The number of benzene rings is 2. The molecule has 0 bridgehead atoms. The Morgan fingerprint density at radius 2 is 1.81 bits per heavy atom. The first-order chi connectivity index (χ1) is 14.9. The summed E-state index contributed by atoms with van der Waals surface area (Å²) in [6.07, 6.45) is 4.25. The minimum absolute atomic E-state index is 0.000849. The van der Waals surface area contributed by atoms with Gasteiger partial charge >= 0.3 is 0 Å². The normalized spacial score (nSPS) is 18.9. The summed E-state index contributed by atoms with van der Waals surface area (Å²) >= 11 is 6.03. The molecule has 5 nitrogen and oxygen atoms in total. The van der Waals surface area contributed by atoms with Crippen molar-refractivity contribution in [3.8, 4) is 0 Å². The van der Waals surface area contributed by atoms with Crippen LogP contribution in [0.3, 0.4) is 0 Å². The van der Waals surface area contributed by atoms with Crippen LogP contribution in [0.25, 0.3) is 0 Å². The van der Waals surface area contributed by atoms with E-state index < -0.39 is 0 Å². The van der Waals surface area contributed by atoms with E-state index in [-0.39, 0.29) is 36.1 Å². The molecule has 0 saturated heterocycles. The quantitative estimate of drug-likeness (QED) is 0.668. The third-order valence-corrected chi connectivity index (χ3v) is 6.31. The first-order valence-corrected chi connectivity index (χ1v) is 11.0. The van der Waals surface area contributed by atoms with Crippen molar-refractivity contribution in [2.45, 2.75) is 38.1 Å². The molecule has 1 heterocycles. The number of nitrogens with zero attached hydrogens (tertiary/aromatic N) is 3. The zero-order chi connectivity index (χ0) is 22.0. The second kappa shape index (κ2) is 9.18. The van der Waals surface area contributed by atoms with Crippen molar-refractivity contribution in [3.05, 3.63) is 70.5 Å². The van der Waals surface area contributed by atoms with Gasteiger partial charge in [-0.2, -0.15) is 5.10 Å². The highest BCUT2D eigenvalue weighted by molar-refractivity contribution is 6.30. The summed E-state index contributed by atoms with van der Waals surface area (Å²) in [5.74, 6) is -0.661. The Hall–Kier alpha value is -2.73. The van der Waals surface area contributed by atoms with Crippen molar-refractivity contribution in [2.75, 3.05) is 13.6 Å². The Labute approximate surface area is 186 Å². The van der Waals surface area contributed by atoms with E-state index in [2.05, 4.69) is 5.10 Å². The number of likely N-dealkylation sites (N-methyl/N-ethyl adjacent to an activating group) is 1. The maximum atomic E-state index is 14.4. The summed E-state index contributed by atoms with van der Waals surface area (Å²) in [7, 11) is 1.66. The SMILES string of the molecule is CN(CC(=O)N1N=C(c2ccccc2F)C[C@@H]1c1ccc(Cl)cc1)C(=O)C1CCCC1. The van der Waals surface area contributed by atoms with Gasteiger partial charge in [-0.1, -0.05) is 54.8 Å². The zero-order valence-electron chi connectivity index (χ0n) is 17.4. The van der Waals surface area contributed by atoms with E-state index in [1.165, 1.54) is 16.0 Å². The average Bonchev–Trinajstić information content (AvgIpc) is 3.44. The van der Waals surface area contributed by atoms with Gasteiger partial charge in [-0.25, -0.2) is 9.40 Å². The molecule has 1 saturated carbocycles. The van der Waals surface area contributed by atoms with Gasteiger partial charge in [0.15, 0.2) is 0 Å². The van der Waals surface area contributed by atoms with Crippen LogP contribution in [-0.4, -0.2) is 41.0 Å². The highest BCUT2D eigenvalue weighted by Gasteiger charge is 2.35. The Balaban J connectivity index is 1.58. The van der Waals surface area contributed by atoms with Gasteiger partial charge in [0, 0.05) is 30.0 Å². The minimum atomic E-state index is -0.380. The van der Waals surface area contributed by atoms with Crippen molar-refractivity contribution < 1.29 is 14.0 Å². The molecule has 1 fully saturated rings. The molecular formula is C24H25ClFN3O2. The third kappa shape index (κ3) is 4.64. The smallest absolute Gasteiger partial charge is 0.262 e. The number of rotatable bonds is 5. The van der Waals surface area contributed by atoms with E-state index in [1.807, 2.05) is 12.1 Å². The van der Waals surface area contributed by atoms with E-state index in [4.69, 9.17) is 11.6 Å². The summed E-state index contributed by atoms with van der Waals surface area (Å²) in [5.41, 5.74) is 1.75. The van der Waals surface area contributed by atoms with Crippen LogP contribution in [0, 0.1) is 11.7 Å². The summed E-state index contributed by atoms with van der Waals surface area (Å²) < 4.78 is 14.4. The lowest BCUT2D eigenvalue weighted by molar-refractivity contribution is -0.142. The Morgan fingerprint density at radius 3 is 2.48 bits per heavy atom. The van der Waals surface area contributed by atoms with Crippen LogP contribution in [0.15, 0.2) is 53.6 Å². The molecule has 1 aliphatic heterocycles. The fourth-order valence-corrected chi connectivity index (χ4v) is 4.51. The molecule has 1 atom stereocenters. The van der Waals surface area contributed by atoms with Gasteiger partial charge in [0.2, 0.25) is 5.91 Å². The minimum Gasteiger partial charge on any atom is -0.336 e. The van der Waals surface area contributed by atoms with Gasteiger partial charge in [-0.05, 0) is 36.6 Å². The van der Waals surface area contributed by atoms with Crippen molar-refractivity contribution in [3.63, 3.8) is 0 Å². The standard InChI is InChI=1S/C24H25ClFN3O2/c1-28(24(31)17-6-2-3-7-17)15-23(30)29-22(16-10-12-18(25)13-11-16)14-21(27-29)19-8-4-5-9-20(19)26/h4-5,8-13,17,22H,2-3,6-7,14-15H2,1H3/t22-/m1/s1. The number of hydrogen-bond donors (Lipinski definition) is 0. The lowest BCUT2D eigenvalue weighted by Crippen LogP contribution is -2.41. The zero-order valence-corrected chi connectivity index (χ0v) is 18.2. The molecular weight excluding hydrogens is 417 g/mol. The van der Waals surface area contributed by atoms with Gasteiger partial charge in [0.1, 0.15) is 12.4 Å². The van der Waals surface area contributed by atoms with E-state index in [1.54, 1.807) is 37.4 Å². The Kier molecular flexibility index (Phi) is 6.37. The van der Waals surface area contributed by atoms with Crippen LogP contribution in [-0.2, 0) is 9.59 Å². The van der Waals surface area contributed by atoms with E-state index in [0.717, 1.165) is 31.2 Å². The number of carbonyl (C=O) groups is 2. The van der Waals surface area contributed by atoms with Crippen LogP contribution in [0.2, 0.25) is 5.02 Å². The highest BCUT2D eigenvalue weighted by atomic mass is 35.5. The molecule has 1 aliphatic carbocycles. The van der Waals surface area contributed by atoms with Crippen molar-refractivity contribution >= 4 is 29.1 Å². The monoisotopic (exact) mass is 441 g/mol. The molecule has 0 spiro atoms. The van der Waals surface area contributed by atoms with Gasteiger partial charge < -0.3 is 4.90 Å². The van der Waals surface area contributed by atoms with E-state index >= 15 is 0 Å². The molecule has 162 valence electrons. The second-order valence-electron chi connectivity index (χ2n) is 8.21. The molecule has 7 heteroatoms. The molecule has 4 rings (SSSR count). The van der Waals surface area contributed by atoms with Crippen LogP contribution in [0.5, 0.6) is 0 Å². The largest absolute Gasteiger partial charge is 0.336 e. The average molecular weight is 442 g/mol. The summed E-state index contributed by atoms with van der Waals surface area (Å²) in [4.78, 5) is 27.4. The van der Waals surface area contributed by atoms with Gasteiger partial charge in [0.05, 0.1) is 11.8 Å². The second-order valence-corrected chi connectivity index (χ2v) is 8.65. The van der Waals surface area contributed by atoms with Crippen molar-refractivity contribution in [2.24, 2.45) is 11.0 Å². The molecule has 0 N–H and O–H groups in total. The summed E-state index contributed by atoms with van der Waals surface area (Å²) in [5, 5.41) is 6.49. The third-order valence-electron chi connectivity index (χ3n) is 6.06. The number of hydrogen-bond acceptors (Lipinski definition) is 3. The van der Waals surface area contributed by atoms with E-state index in [9.17, 15) is 14.0 Å². The predicted octanol–water partition coefficient (Wildman–Crippen LogP) is 4.81. The molecule has 2 aliphatic rings. The molecule has 0 aromatic heterocycles. The topological polar surface area (TPSA) is 53.0 Å². The number of carbonyl (C=O) groups excluding carboxylic acids is 2. The van der Waals surface area contributed by atoms with Crippen molar-refractivity contribution in [1.82, 2.24) is 9.91 Å². The Morgan fingerprint density at radius 1 is 1.13 bits per heavy atom. The molecule has 2 aromatic rings. The number of hydrazone groups is 1. The fourth-order valence-electron chi connectivity index (χ4n) is 4.38. The highest BCUT2D eigenvalue weighted by Crippen LogP contribution is 2.34. The number of halogens is 2. The maximum Gasteiger partial charge on any atom is 0.262 e. The first-order valence-electron chi connectivity index (χ1n) is 10.6. The van der Waals surface area contributed by atoms with Crippen LogP contribution < -0.4 is 0 Å². The van der Waals surface area contributed by atoms with Gasteiger partial charge in [-0.3, -0.25) is 9.59 Å². The molecule has 0 unspecified atom stereocenters. The van der Waals surface area contributed by atoms with Gasteiger partial charge in [0.25, 0.3) is 5.91 Å². The summed E-state index contributed by atoms with van der Waals surface area (Å²) in [6.45, 7) is -0.0620. The van der Waals surface area contributed by atoms with Crippen LogP contribution in [0.4, 0.5) is 4.39 Å². The van der Waals surface area contributed by atoms with Crippen molar-refractivity contribution in [1.29, 1.82) is 0 Å². The number of amides is 2. The summed E-state index contributed by atoms with van der Waals surface area (Å²) in [6, 6.07) is 13.3. The van der Waals surface area contributed by atoms with E-state index in [0.29, 0.717) is 22.7 Å². The maximum absolute atomic E-state index is 14.4. The molecule has 2 aromatic carbocycles. The molecule has 31 heavy (non-hydrogen) atoms. The molecule has 0 radical (unpaired) electrons. The first kappa shape index (κ1) is 21.5. The predicted molar refractivity (Wildman–Crippen MR) is 118 cm³/mol.